The van der Waals surface area contributed by atoms with Crippen LogP contribution in [0.3, 0.4) is 0 Å². The Kier molecular flexibility index (Phi) is 7.69. The van der Waals surface area contributed by atoms with Gasteiger partial charge in [0, 0.05) is 45.7 Å². The summed E-state index contributed by atoms with van der Waals surface area (Å²) in [5.74, 6) is -0.661. The van der Waals surface area contributed by atoms with Crippen LogP contribution in [0, 0.1) is 0 Å². The van der Waals surface area contributed by atoms with E-state index in [0.29, 0.717) is 48.2 Å². The van der Waals surface area contributed by atoms with Crippen molar-refractivity contribution in [2.45, 2.75) is 31.7 Å². The first-order valence-corrected chi connectivity index (χ1v) is 13.3. The van der Waals surface area contributed by atoms with E-state index in [1.807, 2.05) is 52.3 Å². The number of hydrogen-bond acceptors (Lipinski definition) is 6. The van der Waals surface area contributed by atoms with E-state index in [9.17, 15) is 19.2 Å². The highest BCUT2D eigenvalue weighted by Crippen LogP contribution is 2.31. The van der Waals surface area contributed by atoms with Gasteiger partial charge in [0.25, 0.3) is 11.8 Å². The third kappa shape index (κ3) is 5.40. The Morgan fingerprint density at radius 1 is 0.868 bits per heavy atom. The van der Waals surface area contributed by atoms with E-state index < -0.39 is 24.1 Å². The van der Waals surface area contributed by atoms with Gasteiger partial charge in [-0.2, -0.15) is 0 Å². The van der Waals surface area contributed by atoms with Crippen LogP contribution in [0.15, 0.2) is 48.5 Å². The van der Waals surface area contributed by atoms with Crippen LogP contribution in [0.4, 0.5) is 15.3 Å². The molecular formula is C27H30ClN5O5. The van der Waals surface area contributed by atoms with Gasteiger partial charge >= 0.3 is 12.1 Å². The number of carbonyl (C=O) groups is 4. The molecule has 0 saturated carbocycles. The molecule has 3 aliphatic heterocycles. The fourth-order valence-electron chi connectivity index (χ4n) is 5.05. The number of amides is 5. The van der Waals surface area contributed by atoms with Crippen molar-refractivity contribution >= 4 is 41.2 Å². The highest BCUT2D eigenvalue weighted by molar-refractivity contribution is 6.36. The van der Waals surface area contributed by atoms with Crippen LogP contribution in [0.5, 0.6) is 0 Å². The van der Waals surface area contributed by atoms with Gasteiger partial charge in [0.2, 0.25) is 0 Å². The summed E-state index contributed by atoms with van der Waals surface area (Å²) < 4.78 is 0. The summed E-state index contributed by atoms with van der Waals surface area (Å²) in [4.78, 5) is 61.3. The number of likely N-dealkylation sites (tertiary alicyclic amines) is 1. The van der Waals surface area contributed by atoms with E-state index in [2.05, 4.69) is 5.32 Å². The highest BCUT2D eigenvalue weighted by Gasteiger charge is 2.42. The van der Waals surface area contributed by atoms with Crippen LogP contribution in [0.1, 0.15) is 35.2 Å². The zero-order valence-corrected chi connectivity index (χ0v) is 21.7. The number of halogens is 1. The lowest BCUT2D eigenvalue weighted by Crippen LogP contribution is -2.51. The summed E-state index contributed by atoms with van der Waals surface area (Å²) >= 11 is 6.69. The van der Waals surface area contributed by atoms with Crippen LogP contribution in [0.25, 0.3) is 0 Å². The lowest BCUT2D eigenvalue weighted by Gasteiger charge is -2.36. The van der Waals surface area contributed by atoms with Gasteiger partial charge in [0.1, 0.15) is 6.04 Å². The molecule has 5 amide bonds. The SMILES string of the molecule is O=C(ON1C(=O)N[C@@H](Cc2ccccc2)C1=O)N1CCN(c2cccc(C(=O)N3CCCCC3)c2Cl)CC1. The third-order valence-electron chi connectivity index (χ3n) is 7.16. The van der Waals surface area contributed by atoms with E-state index in [4.69, 9.17) is 16.4 Å². The third-order valence-corrected chi connectivity index (χ3v) is 7.56. The average molecular weight is 540 g/mol. The predicted molar refractivity (Wildman–Crippen MR) is 141 cm³/mol. The molecule has 1 atom stereocenters. The Morgan fingerprint density at radius 3 is 2.29 bits per heavy atom. The van der Waals surface area contributed by atoms with Gasteiger partial charge in [-0.1, -0.05) is 53.1 Å². The summed E-state index contributed by atoms with van der Waals surface area (Å²) in [6, 6.07) is 13.2. The first-order chi connectivity index (χ1) is 18.4. The Hall–Kier alpha value is -3.79. The van der Waals surface area contributed by atoms with Crippen LogP contribution in [0.2, 0.25) is 5.02 Å². The van der Waals surface area contributed by atoms with E-state index >= 15 is 0 Å². The van der Waals surface area contributed by atoms with Crippen LogP contribution >= 0.6 is 11.6 Å². The molecule has 3 saturated heterocycles. The minimum atomic E-state index is -0.795. The van der Waals surface area contributed by atoms with Crippen molar-refractivity contribution in [2.75, 3.05) is 44.2 Å². The molecule has 5 rings (SSSR count). The molecule has 10 nitrogen and oxygen atoms in total. The molecule has 3 aliphatic rings. The number of benzene rings is 2. The molecule has 200 valence electrons. The lowest BCUT2D eigenvalue weighted by atomic mass is 10.1. The second-order valence-corrected chi connectivity index (χ2v) is 10.0. The quantitative estimate of drug-likeness (QED) is 0.585. The Balaban J connectivity index is 1.17. The molecule has 0 bridgehead atoms. The van der Waals surface area contributed by atoms with Gasteiger partial charge in [0.15, 0.2) is 0 Å². The summed E-state index contributed by atoms with van der Waals surface area (Å²) in [5.41, 5.74) is 2.10. The topological polar surface area (TPSA) is 102 Å². The first kappa shape index (κ1) is 25.8. The molecule has 11 heteroatoms. The molecule has 3 heterocycles. The number of nitrogens with zero attached hydrogens (tertiary/aromatic N) is 4. The molecule has 0 unspecified atom stereocenters. The van der Waals surface area contributed by atoms with Gasteiger partial charge in [-0.05, 0) is 37.0 Å². The van der Waals surface area contributed by atoms with Crippen molar-refractivity contribution in [3.8, 4) is 0 Å². The van der Waals surface area contributed by atoms with Crippen LogP contribution in [-0.4, -0.2) is 84.1 Å². The zero-order valence-electron chi connectivity index (χ0n) is 21.0. The van der Waals surface area contributed by atoms with Crippen LogP contribution < -0.4 is 10.2 Å². The van der Waals surface area contributed by atoms with Crippen molar-refractivity contribution in [1.29, 1.82) is 0 Å². The fraction of sp³-hybridized carbons (Fsp3) is 0.407. The number of carbonyl (C=O) groups excluding carboxylic acids is 4. The number of piperidine rings is 1. The monoisotopic (exact) mass is 539 g/mol. The largest absolute Gasteiger partial charge is 0.434 e. The van der Waals surface area contributed by atoms with E-state index in [-0.39, 0.29) is 5.91 Å². The molecule has 38 heavy (non-hydrogen) atoms. The summed E-state index contributed by atoms with van der Waals surface area (Å²) in [6.07, 6.45) is 2.67. The van der Waals surface area contributed by atoms with Gasteiger partial charge in [-0.25, -0.2) is 9.59 Å². The standard InChI is InChI=1S/C27H30ClN5O5/c28-23-20(24(34)31-12-5-2-6-13-31)10-7-11-22(23)30-14-16-32(17-15-30)27(37)38-33-25(35)21(29-26(33)36)18-19-8-3-1-4-9-19/h1,3-4,7-11,21H,2,5-6,12-18H2,(H,29,36)/t21-/m0/s1. The molecule has 2 aromatic rings. The lowest BCUT2D eigenvalue weighted by molar-refractivity contribution is -0.151. The molecule has 0 radical (unpaired) electrons. The van der Waals surface area contributed by atoms with Crippen molar-refractivity contribution in [3.05, 3.63) is 64.7 Å². The number of nitrogens with one attached hydrogen (secondary N) is 1. The minimum Gasteiger partial charge on any atom is -0.367 e. The molecule has 3 fully saturated rings. The minimum absolute atomic E-state index is 0.0575. The van der Waals surface area contributed by atoms with E-state index in [0.717, 1.165) is 43.6 Å². The second kappa shape index (κ2) is 11.3. The molecule has 2 aromatic carbocycles. The Bertz CT molecular complexity index is 1210. The molecule has 1 N–H and O–H groups in total. The Morgan fingerprint density at radius 2 is 1.58 bits per heavy atom. The van der Waals surface area contributed by atoms with Crippen molar-refractivity contribution < 1.29 is 24.0 Å². The van der Waals surface area contributed by atoms with Crippen molar-refractivity contribution in [2.24, 2.45) is 0 Å². The Labute approximate surface area is 226 Å². The normalized spacial score (nSPS) is 20.0. The number of piperazine rings is 1. The second-order valence-electron chi connectivity index (χ2n) is 9.65. The first-order valence-electron chi connectivity index (χ1n) is 12.9. The van der Waals surface area contributed by atoms with E-state index in [1.165, 1.54) is 4.90 Å². The smallest absolute Gasteiger partial charge is 0.367 e. The maximum atomic E-state index is 13.0. The average Bonchev–Trinajstić information content (AvgIpc) is 3.21. The molecule has 0 aliphatic carbocycles. The van der Waals surface area contributed by atoms with Crippen molar-refractivity contribution in [1.82, 2.24) is 20.2 Å². The van der Waals surface area contributed by atoms with E-state index in [1.54, 1.807) is 6.07 Å². The summed E-state index contributed by atoms with van der Waals surface area (Å²) in [7, 11) is 0. The van der Waals surface area contributed by atoms with Gasteiger partial charge in [-0.15, -0.1) is 0 Å². The van der Waals surface area contributed by atoms with Crippen LogP contribution in [-0.2, 0) is 16.1 Å². The maximum absolute atomic E-state index is 13.0. The van der Waals surface area contributed by atoms with Crippen molar-refractivity contribution in [3.63, 3.8) is 0 Å². The molecule has 0 aromatic heterocycles. The highest BCUT2D eigenvalue weighted by atomic mass is 35.5. The number of hydrogen-bond donors (Lipinski definition) is 1. The number of imide groups is 1. The van der Waals surface area contributed by atoms with Gasteiger partial charge < -0.3 is 24.9 Å². The fourth-order valence-corrected chi connectivity index (χ4v) is 5.37. The van der Waals surface area contributed by atoms with Gasteiger partial charge in [-0.3, -0.25) is 9.59 Å². The maximum Gasteiger partial charge on any atom is 0.434 e. The number of anilines is 1. The predicted octanol–water partition coefficient (Wildman–Crippen LogP) is 3.30. The number of urea groups is 1. The zero-order chi connectivity index (χ0) is 26.6. The summed E-state index contributed by atoms with van der Waals surface area (Å²) in [5, 5.41) is 3.49. The summed E-state index contributed by atoms with van der Waals surface area (Å²) in [6.45, 7) is 2.99. The number of rotatable bonds is 5. The molecular weight excluding hydrogens is 510 g/mol. The molecule has 0 spiro atoms. The number of hydroxylamine groups is 2. The van der Waals surface area contributed by atoms with Gasteiger partial charge in [0.05, 0.1) is 16.3 Å².